The molecule has 2 amide bonds. The van der Waals surface area contributed by atoms with Crippen LogP contribution in [0.25, 0.3) is 0 Å². The zero-order valence-electron chi connectivity index (χ0n) is 17.2. The number of rotatable bonds is 8. The summed E-state index contributed by atoms with van der Waals surface area (Å²) in [5, 5.41) is 0. The lowest BCUT2D eigenvalue weighted by Gasteiger charge is -2.36. The topological polar surface area (TPSA) is 83.1 Å². The standard InChI is InChI=1S/C22H28N4O4/c1-29-19-7-9-20(10-8-19)30-17-22(28)24-23-21(27)11-12-25-13-15-26(16-14-25)18-5-3-2-4-6-18/h2-10H,11-17H2,1H3,(H,23,27)(H,24,28). The monoisotopic (exact) mass is 412 g/mol. The first-order chi connectivity index (χ1) is 14.6. The molecule has 30 heavy (non-hydrogen) atoms. The van der Waals surface area contributed by atoms with Crippen LogP contribution in [0.1, 0.15) is 6.42 Å². The number of anilines is 1. The summed E-state index contributed by atoms with van der Waals surface area (Å²) in [6, 6.07) is 17.2. The van der Waals surface area contributed by atoms with Crippen molar-refractivity contribution in [2.24, 2.45) is 0 Å². The van der Waals surface area contributed by atoms with Crippen LogP contribution in [0.15, 0.2) is 54.6 Å². The molecule has 8 heteroatoms. The zero-order valence-corrected chi connectivity index (χ0v) is 17.2. The second-order valence-electron chi connectivity index (χ2n) is 6.97. The molecule has 1 saturated heterocycles. The van der Waals surface area contributed by atoms with Gasteiger partial charge in [-0.2, -0.15) is 0 Å². The van der Waals surface area contributed by atoms with E-state index in [1.807, 2.05) is 18.2 Å². The molecule has 2 aromatic rings. The highest BCUT2D eigenvalue weighted by Gasteiger charge is 2.17. The van der Waals surface area contributed by atoms with Crippen molar-refractivity contribution in [2.45, 2.75) is 6.42 Å². The van der Waals surface area contributed by atoms with Crippen LogP contribution in [0.5, 0.6) is 11.5 Å². The van der Waals surface area contributed by atoms with E-state index in [0.717, 1.165) is 26.2 Å². The van der Waals surface area contributed by atoms with E-state index in [-0.39, 0.29) is 12.5 Å². The maximum absolute atomic E-state index is 12.0. The summed E-state index contributed by atoms with van der Waals surface area (Å²) in [5.41, 5.74) is 6.04. The van der Waals surface area contributed by atoms with Gasteiger partial charge in [0, 0.05) is 44.8 Å². The van der Waals surface area contributed by atoms with E-state index in [1.54, 1.807) is 31.4 Å². The Morgan fingerprint density at radius 1 is 0.867 bits per heavy atom. The number of carbonyl (C=O) groups excluding carboxylic acids is 2. The van der Waals surface area contributed by atoms with E-state index in [2.05, 4.69) is 32.8 Å². The van der Waals surface area contributed by atoms with E-state index >= 15 is 0 Å². The normalized spacial score (nSPS) is 14.1. The van der Waals surface area contributed by atoms with E-state index < -0.39 is 5.91 Å². The number of hydrazine groups is 1. The highest BCUT2D eigenvalue weighted by atomic mass is 16.5. The fourth-order valence-electron chi connectivity index (χ4n) is 3.19. The van der Waals surface area contributed by atoms with Crippen molar-refractivity contribution in [1.82, 2.24) is 15.8 Å². The average molecular weight is 412 g/mol. The molecule has 8 nitrogen and oxygen atoms in total. The van der Waals surface area contributed by atoms with Crippen LogP contribution in [0.3, 0.4) is 0 Å². The molecular formula is C22H28N4O4. The molecule has 2 aromatic carbocycles. The third kappa shape index (κ3) is 6.66. The minimum absolute atomic E-state index is 0.186. The molecular weight excluding hydrogens is 384 g/mol. The molecule has 0 bridgehead atoms. The summed E-state index contributed by atoms with van der Waals surface area (Å²) < 4.78 is 10.4. The van der Waals surface area contributed by atoms with Gasteiger partial charge in [-0.05, 0) is 36.4 Å². The van der Waals surface area contributed by atoms with Gasteiger partial charge in [-0.25, -0.2) is 0 Å². The van der Waals surface area contributed by atoms with E-state index in [4.69, 9.17) is 9.47 Å². The molecule has 0 saturated carbocycles. The van der Waals surface area contributed by atoms with Crippen LogP contribution in [-0.2, 0) is 9.59 Å². The number of hydrogen-bond acceptors (Lipinski definition) is 6. The van der Waals surface area contributed by atoms with Gasteiger partial charge in [-0.15, -0.1) is 0 Å². The first kappa shape index (κ1) is 21.4. The first-order valence-electron chi connectivity index (χ1n) is 10.0. The average Bonchev–Trinajstić information content (AvgIpc) is 2.81. The molecule has 0 spiro atoms. The van der Waals surface area contributed by atoms with Gasteiger partial charge >= 0.3 is 0 Å². The second-order valence-corrected chi connectivity index (χ2v) is 6.97. The van der Waals surface area contributed by atoms with Gasteiger partial charge in [-0.3, -0.25) is 25.3 Å². The number of hydrogen-bond donors (Lipinski definition) is 2. The van der Waals surface area contributed by atoms with Gasteiger partial charge < -0.3 is 14.4 Å². The molecule has 2 N–H and O–H groups in total. The molecule has 0 aliphatic carbocycles. The Kier molecular flexibility index (Phi) is 7.91. The van der Waals surface area contributed by atoms with Crippen molar-refractivity contribution in [2.75, 3.05) is 51.3 Å². The third-order valence-electron chi connectivity index (χ3n) is 4.92. The predicted molar refractivity (Wildman–Crippen MR) is 114 cm³/mol. The number of para-hydroxylation sites is 1. The minimum atomic E-state index is -0.421. The van der Waals surface area contributed by atoms with E-state index in [9.17, 15) is 9.59 Å². The molecule has 160 valence electrons. The van der Waals surface area contributed by atoms with Gasteiger partial charge in [0.25, 0.3) is 5.91 Å². The Morgan fingerprint density at radius 2 is 1.50 bits per heavy atom. The summed E-state index contributed by atoms with van der Waals surface area (Å²) in [7, 11) is 1.58. The maximum atomic E-state index is 12.0. The van der Waals surface area contributed by atoms with Crippen molar-refractivity contribution in [3.63, 3.8) is 0 Å². The fraction of sp³-hybridized carbons (Fsp3) is 0.364. The summed E-state index contributed by atoms with van der Waals surface area (Å²) in [5.74, 6) is 0.612. The Morgan fingerprint density at radius 3 is 2.17 bits per heavy atom. The Hall–Kier alpha value is -3.26. The highest BCUT2D eigenvalue weighted by Crippen LogP contribution is 2.17. The largest absolute Gasteiger partial charge is 0.497 e. The SMILES string of the molecule is COc1ccc(OCC(=O)NNC(=O)CCN2CCN(c3ccccc3)CC2)cc1. The van der Waals surface area contributed by atoms with E-state index in [0.29, 0.717) is 24.5 Å². The number of nitrogens with zero attached hydrogens (tertiary/aromatic N) is 2. The van der Waals surface area contributed by atoms with Gasteiger partial charge in [0.1, 0.15) is 11.5 Å². The molecule has 1 heterocycles. The number of amides is 2. The molecule has 0 aromatic heterocycles. The lowest BCUT2D eigenvalue weighted by molar-refractivity contribution is -0.130. The first-order valence-corrected chi connectivity index (χ1v) is 10.0. The molecule has 0 radical (unpaired) electrons. The fourth-order valence-corrected chi connectivity index (χ4v) is 3.19. The summed E-state index contributed by atoms with van der Waals surface area (Å²) in [6.07, 6.45) is 0.324. The lowest BCUT2D eigenvalue weighted by atomic mass is 10.2. The van der Waals surface area contributed by atoms with Crippen LogP contribution < -0.4 is 25.2 Å². The van der Waals surface area contributed by atoms with Crippen molar-refractivity contribution >= 4 is 17.5 Å². The van der Waals surface area contributed by atoms with Crippen LogP contribution in [0.2, 0.25) is 0 Å². The maximum Gasteiger partial charge on any atom is 0.276 e. The molecule has 1 aliphatic rings. The Labute approximate surface area is 176 Å². The van der Waals surface area contributed by atoms with Gasteiger partial charge in [0.15, 0.2) is 6.61 Å². The number of piperazine rings is 1. The second kappa shape index (κ2) is 11.1. The molecule has 1 fully saturated rings. The molecule has 0 atom stereocenters. The Balaban J connectivity index is 1.28. The summed E-state index contributed by atoms with van der Waals surface area (Å²) in [4.78, 5) is 28.4. The number of benzene rings is 2. The number of methoxy groups -OCH3 is 1. The van der Waals surface area contributed by atoms with Crippen LogP contribution >= 0.6 is 0 Å². The molecule has 0 unspecified atom stereocenters. The zero-order chi connectivity index (χ0) is 21.2. The quantitative estimate of drug-likeness (QED) is 0.639. The van der Waals surface area contributed by atoms with Crippen LogP contribution in [0.4, 0.5) is 5.69 Å². The van der Waals surface area contributed by atoms with E-state index in [1.165, 1.54) is 5.69 Å². The highest BCUT2D eigenvalue weighted by molar-refractivity contribution is 5.82. The third-order valence-corrected chi connectivity index (χ3v) is 4.92. The van der Waals surface area contributed by atoms with Gasteiger partial charge in [0.2, 0.25) is 5.91 Å². The lowest BCUT2D eigenvalue weighted by Crippen LogP contribution is -2.48. The number of nitrogens with one attached hydrogen (secondary N) is 2. The van der Waals surface area contributed by atoms with Crippen molar-refractivity contribution < 1.29 is 19.1 Å². The smallest absolute Gasteiger partial charge is 0.276 e. The predicted octanol–water partition coefficient (Wildman–Crippen LogP) is 1.43. The van der Waals surface area contributed by atoms with Gasteiger partial charge in [0.05, 0.1) is 7.11 Å². The van der Waals surface area contributed by atoms with Crippen molar-refractivity contribution in [1.29, 1.82) is 0 Å². The number of carbonyl (C=O) groups is 2. The summed E-state index contributed by atoms with van der Waals surface area (Å²) >= 11 is 0. The van der Waals surface area contributed by atoms with Crippen LogP contribution in [0, 0.1) is 0 Å². The van der Waals surface area contributed by atoms with Crippen molar-refractivity contribution in [3.8, 4) is 11.5 Å². The van der Waals surface area contributed by atoms with Crippen LogP contribution in [-0.4, -0.2) is 63.2 Å². The van der Waals surface area contributed by atoms with Crippen molar-refractivity contribution in [3.05, 3.63) is 54.6 Å². The molecule has 1 aliphatic heterocycles. The summed E-state index contributed by atoms with van der Waals surface area (Å²) in [6.45, 7) is 4.16. The van der Waals surface area contributed by atoms with Gasteiger partial charge in [-0.1, -0.05) is 18.2 Å². The Bertz CT molecular complexity index is 806. The number of ether oxygens (including phenoxy) is 2. The minimum Gasteiger partial charge on any atom is -0.497 e. The molecule has 3 rings (SSSR count).